The maximum atomic E-state index is 11.1. The molecule has 2 atom stereocenters. The summed E-state index contributed by atoms with van der Waals surface area (Å²) < 4.78 is 44.0. The van der Waals surface area contributed by atoms with Gasteiger partial charge in [-0.15, -0.1) is 0 Å². The zero-order chi connectivity index (χ0) is 13.1. The second kappa shape index (κ2) is 12.9. The van der Waals surface area contributed by atoms with Crippen molar-refractivity contribution in [1.82, 2.24) is 0 Å². The minimum Gasteiger partial charge on any atom is -0.870 e. The summed E-state index contributed by atoms with van der Waals surface area (Å²) in [6.45, 7) is 0. The first-order chi connectivity index (χ1) is 8.59. The Bertz CT molecular complexity index is 480. The summed E-state index contributed by atoms with van der Waals surface area (Å²) in [5, 5.41) is -0.272. The molecule has 1 aromatic carbocycles. The zero-order valence-corrected chi connectivity index (χ0v) is 14.3. The van der Waals surface area contributed by atoms with Gasteiger partial charge in [0, 0.05) is 10.1 Å². The van der Waals surface area contributed by atoms with Crippen molar-refractivity contribution in [2.75, 3.05) is 0 Å². The molecule has 2 unspecified atom stereocenters. The van der Waals surface area contributed by atoms with Gasteiger partial charge < -0.3 is 20.1 Å². The van der Waals surface area contributed by atoms with Gasteiger partial charge in [-0.1, -0.05) is 29.3 Å². The third-order valence-electron chi connectivity index (χ3n) is 3.48. The van der Waals surface area contributed by atoms with Crippen LogP contribution in [-0.2, 0) is 22.2 Å². The second-order valence-electron chi connectivity index (χ2n) is 4.51. The van der Waals surface area contributed by atoms with Crippen molar-refractivity contribution in [1.29, 1.82) is 0 Å². The summed E-state index contributed by atoms with van der Waals surface area (Å²) >= 11 is -4.24. The SMILES string of the molecule is O=S([O-])c1ccccc1C1CCC(S(=O)[O-])CC1.[Li+].[Li+].[OH-].[OH-]. The second-order valence-corrected chi connectivity index (χ2v) is 6.60. The molecular formula is C12H16Li2O6S2-2. The fraction of sp³-hybridized carbons (Fsp3) is 0.500. The Morgan fingerprint density at radius 3 is 1.86 bits per heavy atom. The molecule has 1 aromatic rings. The number of hydrogen-bond donors (Lipinski definition) is 0. The average molecular weight is 334 g/mol. The molecule has 1 aliphatic carbocycles. The molecule has 0 radical (unpaired) electrons. The third kappa shape index (κ3) is 6.98. The van der Waals surface area contributed by atoms with Crippen LogP contribution in [0.25, 0.3) is 0 Å². The summed E-state index contributed by atoms with van der Waals surface area (Å²) in [7, 11) is 0. The minimum atomic E-state index is -2.23. The van der Waals surface area contributed by atoms with Gasteiger partial charge in [0.05, 0.1) is 0 Å². The minimum absolute atomic E-state index is 0. The van der Waals surface area contributed by atoms with Gasteiger partial charge in [-0.25, -0.2) is 0 Å². The van der Waals surface area contributed by atoms with Gasteiger partial charge in [-0.05, 0) is 54.3 Å². The first kappa shape index (κ1) is 27.4. The Morgan fingerprint density at radius 2 is 1.41 bits per heavy atom. The summed E-state index contributed by atoms with van der Waals surface area (Å²) in [5.41, 5.74) is 0.820. The fourth-order valence-corrected chi connectivity index (χ4v) is 3.81. The van der Waals surface area contributed by atoms with Crippen molar-refractivity contribution in [2.45, 2.75) is 41.7 Å². The van der Waals surface area contributed by atoms with E-state index in [-0.39, 0.29) is 59.8 Å². The van der Waals surface area contributed by atoms with Crippen LogP contribution in [0.1, 0.15) is 37.2 Å². The molecule has 0 aromatic heterocycles. The summed E-state index contributed by atoms with van der Waals surface area (Å²) in [6, 6.07) is 6.94. The van der Waals surface area contributed by atoms with Gasteiger partial charge in [-0.2, -0.15) is 0 Å². The third-order valence-corrected chi connectivity index (χ3v) is 5.23. The molecule has 0 aliphatic heterocycles. The Morgan fingerprint density at radius 1 is 0.909 bits per heavy atom. The van der Waals surface area contributed by atoms with E-state index < -0.39 is 22.2 Å². The Balaban J connectivity index is -0.000000902. The molecule has 0 bridgehead atoms. The van der Waals surface area contributed by atoms with E-state index in [4.69, 9.17) is 0 Å². The number of rotatable bonds is 3. The summed E-state index contributed by atoms with van der Waals surface area (Å²) in [6.07, 6.45) is 2.68. The molecule has 1 fully saturated rings. The van der Waals surface area contributed by atoms with Crippen molar-refractivity contribution in [3.05, 3.63) is 29.8 Å². The van der Waals surface area contributed by atoms with E-state index in [2.05, 4.69) is 0 Å². The van der Waals surface area contributed by atoms with Crippen LogP contribution in [0.4, 0.5) is 0 Å². The fourth-order valence-electron chi connectivity index (χ4n) is 2.54. The first-order valence-corrected chi connectivity index (χ1v) is 8.07. The molecule has 0 heterocycles. The Hall–Kier alpha value is 0.555. The molecule has 0 spiro atoms. The van der Waals surface area contributed by atoms with Gasteiger partial charge in [0.1, 0.15) is 0 Å². The van der Waals surface area contributed by atoms with Crippen LogP contribution in [-0.4, -0.2) is 33.7 Å². The van der Waals surface area contributed by atoms with Gasteiger partial charge in [0.15, 0.2) is 0 Å². The van der Waals surface area contributed by atoms with Crippen molar-refractivity contribution in [2.24, 2.45) is 0 Å². The number of hydrogen-bond acceptors (Lipinski definition) is 6. The van der Waals surface area contributed by atoms with Crippen LogP contribution in [0, 0.1) is 0 Å². The van der Waals surface area contributed by atoms with Gasteiger partial charge in [0.25, 0.3) is 0 Å². The topological polar surface area (TPSA) is 140 Å². The van der Waals surface area contributed by atoms with Crippen LogP contribution in [0.3, 0.4) is 0 Å². The predicted octanol–water partition coefficient (Wildman–Crippen LogP) is -4.52. The van der Waals surface area contributed by atoms with Gasteiger partial charge >= 0.3 is 37.7 Å². The zero-order valence-electron chi connectivity index (χ0n) is 12.6. The van der Waals surface area contributed by atoms with Crippen molar-refractivity contribution < 1.29 is 66.2 Å². The summed E-state index contributed by atoms with van der Waals surface area (Å²) in [4.78, 5) is 0.337. The van der Waals surface area contributed by atoms with E-state index in [9.17, 15) is 17.5 Å². The molecule has 2 N–H and O–H groups in total. The standard InChI is InChI=1S/C12H16O4S2.2Li.2H2O/c13-17(14)10-7-5-9(6-8-10)11-3-1-2-4-12(11)18(15)16;;;;/h1-4,9-10H,5-8H2,(H,13,14)(H,15,16);;;2*1H2/q;2*+1;;/p-4. The molecule has 2 rings (SSSR count). The largest absolute Gasteiger partial charge is 1.00 e. The van der Waals surface area contributed by atoms with Crippen molar-refractivity contribution in [3.63, 3.8) is 0 Å². The van der Waals surface area contributed by atoms with Gasteiger partial charge in [-0.3, -0.25) is 8.42 Å². The van der Waals surface area contributed by atoms with Crippen LogP contribution >= 0.6 is 0 Å². The normalized spacial score (nSPS) is 22.6. The first-order valence-electron chi connectivity index (χ1n) is 5.86. The van der Waals surface area contributed by atoms with Crippen LogP contribution in [0.5, 0.6) is 0 Å². The molecular weight excluding hydrogens is 318 g/mol. The van der Waals surface area contributed by atoms with E-state index in [0.29, 0.717) is 17.7 Å². The Kier molecular flexibility index (Phi) is 16.1. The molecule has 1 saturated carbocycles. The van der Waals surface area contributed by atoms with Crippen molar-refractivity contribution >= 4 is 22.2 Å². The maximum absolute atomic E-state index is 11.1. The molecule has 0 saturated heterocycles. The van der Waals surface area contributed by atoms with E-state index in [1.54, 1.807) is 12.1 Å². The molecule has 1 aliphatic rings. The smallest absolute Gasteiger partial charge is 0.870 e. The monoisotopic (exact) mass is 334 g/mol. The van der Waals surface area contributed by atoms with E-state index in [1.807, 2.05) is 12.1 Å². The maximum Gasteiger partial charge on any atom is 1.00 e. The Labute approximate surface area is 159 Å². The van der Waals surface area contributed by atoms with E-state index >= 15 is 0 Å². The molecule has 6 nitrogen and oxygen atoms in total. The quantitative estimate of drug-likeness (QED) is 0.403. The van der Waals surface area contributed by atoms with Crippen molar-refractivity contribution in [3.8, 4) is 0 Å². The van der Waals surface area contributed by atoms with Gasteiger partial charge in [0.2, 0.25) is 0 Å². The average Bonchev–Trinajstić information content (AvgIpc) is 2.39. The van der Waals surface area contributed by atoms with Crippen LogP contribution in [0.2, 0.25) is 0 Å². The molecule has 116 valence electrons. The number of benzene rings is 1. The van der Waals surface area contributed by atoms with E-state index in [0.717, 1.165) is 18.4 Å². The van der Waals surface area contributed by atoms with Crippen LogP contribution < -0.4 is 37.7 Å². The summed E-state index contributed by atoms with van der Waals surface area (Å²) in [5.74, 6) is 0.152. The molecule has 22 heavy (non-hydrogen) atoms. The molecule has 0 amide bonds. The van der Waals surface area contributed by atoms with Crippen LogP contribution in [0.15, 0.2) is 29.2 Å². The predicted molar refractivity (Wildman–Crippen MR) is 71.4 cm³/mol. The molecule has 10 heteroatoms. The van der Waals surface area contributed by atoms with E-state index in [1.165, 1.54) is 0 Å².